The number of carboxylic acid groups (broad SMARTS) is 1. The average Bonchev–Trinajstić information content (AvgIpc) is 3.55. The molecule has 38 heavy (non-hydrogen) atoms. The Kier molecular flexibility index (Phi) is 7.67. The van der Waals surface area contributed by atoms with Gasteiger partial charge in [0.1, 0.15) is 12.4 Å². The van der Waals surface area contributed by atoms with Gasteiger partial charge in [0, 0.05) is 42.7 Å². The van der Waals surface area contributed by atoms with E-state index in [1.807, 2.05) is 61.4 Å². The summed E-state index contributed by atoms with van der Waals surface area (Å²) in [5.74, 6) is -0.278. The molecule has 2 fully saturated rings. The summed E-state index contributed by atoms with van der Waals surface area (Å²) in [4.78, 5) is 33.2. The van der Waals surface area contributed by atoms with Crippen LogP contribution in [0.25, 0.3) is 11.3 Å². The molecule has 0 spiro atoms. The molecule has 200 valence electrons. The third-order valence-electron chi connectivity index (χ3n) is 7.37. The molecule has 0 radical (unpaired) electrons. The van der Waals surface area contributed by atoms with Gasteiger partial charge in [0.05, 0.1) is 24.8 Å². The van der Waals surface area contributed by atoms with E-state index in [9.17, 15) is 14.7 Å². The number of morpholine rings is 1. The van der Waals surface area contributed by atoms with Crippen LogP contribution in [0.3, 0.4) is 0 Å². The fourth-order valence-corrected chi connectivity index (χ4v) is 5.89. The van der Waals surface area contributed by atoms with Crippen molar-refractivity contribution >= 4 is 28.3 Å². The fourth-order valence-electron chi connectivity index (χ4n) is 5.04. The zero-order valence-electron chi connectivity index (χ0n) is 22.0. The van der Waals surface area contributed by atoms with Crippen molar-refractivity contribution in [2.45, 2.75) is 27.4 Å². The SMILES string of the molecule is Cc1ccc(OCc2ccc(C(=O)N3CCOCC3)cc2C)c(-c2csc(N3CC(C(=O)O)[C@H](C)C3)n2)c1. The maximum absolute atomic E-state index is 12.8. The highest BCUT2D eigenvalue weighted by Crippen LogP contribution is 2.37. The molecule has 2 aliphatic rings. The highest BCUT2D eigenvalue weighted by molar-refractivity contribution is 7.14. The quantitative estimate of drug-likeness (QED) is 0.471. The van der Waals surface area contributed by atoms with Crippen LogP contribution in [-0.2, 0) is 16.1 Å². The first-order chi connectivity index (χ1) is 18.3. The number of benzene rings is 2. The first-order valence-corrected chi connectivity index (χ1v) is 13.8. The molecule has 8 nitrogen and oxygen atoms in total. The first-order valence-electron chi connectivity index (χ1n) is 12.9. The van der Waals surface area contributed by atoms with Crippen LogP contribution >= 0.6 is 11.3 Å². The number of hydrogen-bond donors (Lipinski definition) is 1. The predicted molar refractivity (Wildman–Crippen MR) is 147 cm³/mol. The minimum atomic E-state index is -0.750. The molecule has 3 heterocycles. The molecule has 1 amide bonds. The summed E-state index contributed by atoms with van der Waals surface area (Å²) in [7, 11) is 0. The average molecular weight is 536 g/mol. The Labute approximate surface area is 226 Å². The lowest BCUT2D eigenvalue weighted by atomic mass is 9.99. The van der Waals surface area contributed by atoms with Gasteiger partial charge in [-0.25, -0.2) is 4.98 Å². The van der Waals surface area contributed by atoms with Gasteiger partial charge in [0.2, 0.25) is 0 Å². The van der Waals surface area contributed by atoms with Crippen LogP contribution in [0.5, 0.6) is 5.75 Å². The molecule has 2 aliphatic heterocycles. The van der Waals surface area contributed by atoms with E-state index in [1.165, 1.54) is 11.3 Å². The molecule has 9 heteroatoms. The van der Waals surface area contributed by atoms with Crippen LogP contribution in [0.15, 0.2) is 41.8 Å². The Morgan fingerprint density at radius 2 is 1.92 bits per heavy atom. The Balaban J connectivity index is 1.30. The number of rotatable bonds is 7. The standard InChI is InChI=1S/C29H33N3O5S/c1-18-4-7-26(23(12-18)25-17-38-29(30-25)32-14-20(3)24(15-32)28(34)35)37-16-22-6-5-21(13-19(22)2)27(33)31-8-10-36-11-9-31/h4-7,12-13,17,20,24H,8-11,14-16H2,1-3H3,(H,34,35)/t20-,24?/m1/s1. The monoisotopic (exact) mass is 535 g/mol. The largest absolute Gasteiger partial charge is 0.488 e. The van der Waals surface area contributed by atoms with Crippen LogP contribution in [0.4, 0.5) is 5.13 Å². The fraction of sp³-hybridized carbons (Fsp3) is 0.414. The highest BCUT2D eigenvalue weighted by atomic mass is 32.1. The number of carbonyl (C=O) groups is 2. The molecule has 2 atom stereocenters. The van der Waals surface area contributed by atoms with E-state index in [0.717, 1.165) is 38.8 Å². The lowest BCUT2D eigenvalue weighted by Gasteiger charge is -2.27. The second kappa shape index (κ2) is 11.1. The maximum atomic E-state index is 12.8. The van der Waals surface area contributed by atoms with Crippen LogP contribution in [0.1, 0.15) is 34.0 Å². The summed E-state index contributed by atoms with van der Waals surface area (Å²) in [6.45, 7) is 9.94. The smallest absolute Gasteiger partial charge is 0.308 e. The van der Waals surface area contributed by atoms with Crippen molar-refractivity contribution in [3.8, 4) is 17.0 Å². The highest BCUT2D eigenvalue weighted by Gasteiger charge is 2.36. The van der Waals surface area contributed by atoms with Gasteiger partial charge in [-0.2, -0.15) is 0 Å². The Morgan fingerprint density at radius 1 is 1.13 bits per heavy atom. The third kappa shape index (κ3) is 5.54. The molecule has 5 rings (SSSR count). The summed E-state index contributed by atoms with van der Waals surface area (Å²) in [5, 5.41) is 12.3. The topological polar surface area (TPSA) is 92.2 Å². The minimum Gasteiger partial charge on any atom is -0.488 e. The normalized spacial score (nSPS) is 19.6. The number of nitrogens with zero attached hydrogens (tertiary/aromatic N) is 3. The molecule has 0 bridgehead atoms. The molecule has 2 saturated heterocycles. The van der Waals surface area contributed by atoms with Crippen LogP contribution in [-0.4, -0.2) is 66.3 Å². The van der Waals surface area contributed by atoms with Crippen molar-refractivity contribution in [1.82, 2.24) is 9.88 Å². The molecule has 1 unspecified atom stereocenters. The lowest BCUT2D eigenvalue weighted by Crippen LogP contribution is -2.40. The van der Waals surface area contributed by atoms with Crippen molar-refractivity contribution in [3.05, 3.63) is 64.0 Å². The van der Waals surface area contributed by atoms with E-state index in [2.05, 4.69) is 11.0 Å². The van der Waals surface area contributed by atoms with Crippen LogP contribution in [0.2, 0.25) is 0 Å². The van der Waals surface area contributed by atoms with Crippen LogP contribution < -0.4 is 9.64 Å². The Bertz CT molecular complexity index is 1330. The molecule has 3 aromatic rings. The first kappa shape index (κ1) is 26.2. The summed E-state index contributed by atoms with van der Waals surface area (Å²) in [6, 6.07) is 11.8. The molecule has 0 saturated carbocycles. The van der Waals surface area contributed by atoms with Crippen molar-refractivity contribution < 1.29 is 24.2 Å². The van der Waals surface area contributed by atoms with Gasteiger partial charge < -0.3 is 24.4 Å². The number of aryl methyl sites for hydroxylation is 2. The molecule has 1 N–H and O–H groups in total. The van der Waals surface area contributed by atoms with Gasteiger partial charge in [0.25, 0.3) is 5.91 Å². The summed E-state index contributed by atoms with van der Waals surface area (Å²) in [6.07, 6.45) is 0. The van der Waals surface area contributed by atoms with E-state index in [-0.39, 0.29) is 17.7 Å². The summed E-state index contributed by atoms with van der Waals surface area (Å²) in [5.41, 5.74) is 5.53. The van der Waals surface area contributed by atoms with E-state index >= 15 is 0 Å². The summed E-state index contributed by atoms with van der Waals surface area (Å²) < 4.78 is 11.6. The second-order valence-corrected chi connectivity index (χ2v) is 11.0. The maximum Gasteiger partial charge on any atom is 0.308 e. The van der Waals surface area contributed by atoms with Crippen LogP contribution in [0, 0.1) is 25.7 Å². The number of thiazole rings is 1. The number of carbonyl (C=O) groups excluding carboxylic acids is 1. The number of aromatic nitrogens is 1. The van der Waals surface area contributed by atoms with Gasteiger partial charge >= 0.3 is 5.97 Å². The van der Waals surface area contributed by atoms with Gasteiger partial charge in [-0.3, -0.25) is 9.59 Å². The van der Waals surface area contributed by atoms with Gasteiger partial charge in [-0.05, 0) is 55.2 Å². The molecule has 1 aromatic heterocycles. The molecular weight excluding hydrogens is 502 g/mol. The van der Waals surface area contributed by atoms with Gasteiger partial charge in [-0.15, -0.1) is 11.3 Å². The summed E-state index contributed by atoms with van der Waals surface area (Å²) >= 11 is 1.53. The predicted octanol–water partition coefficient (Wildman–Crippen LogP) is 4.64. The number of carboxylic acids is 1. The number of amides is 1. The number of ether oxygens (including phenoxy) is 2. The van der Waals surface area contributed by atoms with Crippen molar-refractivity contribution in [1.29, 1.82) is 0 Å². The Morgan fingerprint density at radius 3 is 2.63 bits per heavy atom. The van der Waals surface area contributed by atoms with E-state index in [1.54, 1.807) is 0 Å². The van der Waals surface area contributed by atoms with E-state index < -0.39 is 5.97 Å². The lowest BCUT2D eigenvalue weighted by molar-refractivity contribution is -0.142. The number of anilines is 1. The zero-order valence-corrected chi connectivity index (χ0v) is 22.8. The van der Waals surface area contributed by atoms with E-state index in [4.69, 9.17) is 14.5 Å². The second-order valence-electron chi connectivity index (χ2n) is 10.2. The zero-order chi connectivity index (χ0) is 26.8. The van der Waals surface area contributed by atoms with Crippen molar-refractivity contribution in [3.63, 3.8) is 0 Å². The molecule has 0 aliphatic carbocycles. The minimum absolute atomic E-state index is 0.0334. The van der Waals surface area contributed by atoms with Crippen molar-refractivity contribution in [2.75, 3.05) is 44.3 Å². The number of aliphatic carboxylic acids is 1. The Hall–Kier alpha value is -3.43. The number of hydrogen-bond acceptors (Lipinski definition) is 7. The van der Waals surface area contributed by atoms with Gasteiger partial charge in [-0.1, -0.05) is 24.6 Å². The van der Waals surface area contributed by atoms with E-state index in [0.29, 0.717) is 51.6 Å². The van der Waals surface area contributed by atoms with Crippen molar-refractivity contribution in [2.24, 2.45) is 11.8 Å². The van der Waals surface area contributed by atoms with Gasteiger partial charge in [0.15, 0.2) is 5.13 Å². The molecule has 2 aromatic carbocycles. The molecular formula is C29H33N3O5S. The third-order valence-corrected chi connectivity index (χ3v) is 8.28.